The molecule has 0 saturated carbocycles. The largest absolute Gasteiger partial charge is 0.480 e. The van der Waals surface area contributed by atoms with Crippen LogP contribution in [0.4, 0.5) is 8.78 Å². The Labute approximate surface area is 113 Å². The summed E-state index contributed by atoms with van der Waals surface area (Å²) in [6.07, 6.45) is -1.40. The summed E-state index contributed by atoms with van der Waals surface area (Å²) in [6.45, 7) is -0.309. The molecule has 0 amide bonds. The van der Waals surface area contributed by atoms with Crippen LogP contribution < -0.4 is 10.3 Å². The third kappa shape index (κ3) is 2.83. The first kappa shape index (κ1) is 14.1. The van der Waals surface area contributed by atoms with Gasteiger partial charge in [-0.1, -0.05) is 12.1 Å². The molecule has 1 heterocycles. The maximum atomic E-state index is 13.5. The topological polar surface area (TPSA) is 64.3 Å². The van der Waals surface area contributed by atoms with E-state index in [0.29, 0.717) is 0 Å². The summed E-state index contributed by atoms with van der Waals surface area (Å²) in [7, 11) is 1.37. The molecule has 1 aromatic carbocycles. The first-order chi connectivity index (χ1) is 9.52. The van der Waals surface area contributed by atoms with Gasteiger partial charge in [0.2, 0.25) is 5.88 Å². The first-order valence-corrected chi connectivity index (χ1v) is 5.77. The van der Waals surface area contributed by atoms with Gasteiger partial charge in [0.15, 0.2) is 11.6 Å². The van der Waals surface area contributed by atoms with Crippen molar-refractivity contribution in [2.75, 3.05) is 7.11 Å². The standard InChI is InChI=1S/C13H12F2N2O3/c1-20-11-5-6-12(19)17(16-11)7-10(18)8-3-2-4-9(14)13(8)15/h2-6,10,18H,7H2,1H3. The molecule has 0 saturated heterocycles. The van der Waals surface area contributed by atoms with Gasteiger partial charge in [-0.15, -0.1) is 5.10 Å². The molecule has 0 fully saturated rings. The second-order valence-electron chi connectivity index (χ2n) is 4.05. The molecule has 20 heavy (non-hydrogen) atoms. The van der Waals surface area contributed by atoms with Crippen molar-refractivity contribution < 1.29 is 18.6 Å². The summed E-state index contributed by atoms with van der Waals surface area (Å²) in [4.78, 5) is 11.6. The third-order valence-electron chi connectivity index (χ3n) is 2.74. The molecular weight excluding hydrogens is 270 g/mol. The number of hydrogen-bond donors (Lipinski definition) is 1. The fourth-order valence-corrected chi connectivity index (χ4v) is 1.71. The number of hydrogen-bond acceptors (Lipinski definition) is 4. The van der Waals surface area contributed by atoms with Crippen LogP contribution in [-0.4, -0.2) is 22.0 Å². The Kier molecular flexibility index (Phi) is 4.09. The predicted molar refractivity (Wildman–Crippen MR) is 66.4 cm³/mol. The molecule has 7 heteroatoms. The van der Waals surface area contributed by atoms with Crippen molar-refractivity contribution in [2.24, 2.45) is 0 Å². The second-order valence-corrected chi connectivity index (χ2v) is 4.05. The number of rotatable bonds is 4. The van der Waals surface area contributed by atoms with E-state index >= 15 is 0 Å². The van der Waals surface area contributed by atoms with Gasteiger partial charge < -0.3 is 9.84 Å². The summed E-state index contributed by atoms with van der Waals surface area (Å²) < 4.78 is 32.4. The van der Waals surface area contributed by atoms with Gasteiger partial charge in [0.25, 0.3) is 5.56 Å². The van der Waals surface area contributed by atoms with Crippen LogP contribution in [0.5, 0.6) is 5.88 Å². The molecule has 5 nitrogen and oxygen atoms in total. The van der Waals surface area contributed by atoms with Crippen molar-refractivity contribution in [3.8, 4) is 5.88 Å². The quantitative estimate of drug-likeness (QED) is 0.917. The average Bonchev–Trinajstić information content (AvgIpc) is 2.44. The van der Waals surface area contributed by atoms with Gasteiger partial charge in [-0.3, -0.25) is 4.79 Å². The molecule has 106 valence electrons. The highest BCUT2D eigenvalue weighted by molar-refractivity contribution is 5.21. The number of halogens is 2. The Balaban J connectivity index is 2.30. The Morgan fingerprint density at radius 3 is 2.80 bits per heavy atom. The van der Waals surface area contributed by atoms with Gasteiger partial charge in [-0.25, -0.2) is 13.5 Å². The van der Waals surface area contributed by atoms with E-state index < -0.39 is 23.3 Å². The molecule has 0 spiro atoms. The Bertz CT molecular complexity index is 673. The molecular formula is C13H12F2N2O3. The lowest BCUT2D eigenvalue weighted by Gasteiger charge is -2.13. The fourth-order valence-electron chi connectivity index (χ4n) is 1.71. The molecule has 1 aromatic heterocycles. The number of aliphatic hydroxyl groups excluding tert-OH is 1. The average molecular weight is 282 g/mol. The summed E-state index contributed by atoms with van der Waals surface area (Å²) >= 11 is 0. The zero-order valence-corrected chi connectivity index (χ0v) is 10.6. The predicted octanol–water partition coefficient (Wildman–Crippen LogP) is 1.26. The van der Waals surface area contributed by atoms with Gasteiger partial charge in [0.1, 0.15) is 6.10 Å². The van der Waals surface area contributed by atoms with Crippen LogP contribution in [0.15, 0.2) is 35.1 Å². The third-order valence-corrected chi connectivity index (χ3v) is 2.74. The van der Waals surface area contributed by atoms with E-state index in [1.807, 2.05) is 0 Å². The van der Waals surface area contributed by atoms with Crippen molar-refractivity contribution in [1.29, 1.82) is 0 Å². The zero-order chi connectivity index (χ0) is 14.7. The number of benzene rings is 1. The van der Waals surface area contributed by atoms with Gasteiger partial charge in [-0.2, -0.15) is 0 Å². The molecule has 0 aliphatic heterocycles. The molecule has 2 rings (SSSR count). The number of aliphatic hydroxyl groups is 1. The number of nitrogens with zero attached hydrogens (tertiary/aromatic N) is 2. The van der Waals surface area contributed by atoms with Crippen LogP contribution in [0, 0.1) is 11.6 Å². The summed E-state index contributed by atoms with van der Waals surface area (Å²) in [5, 5.41) is 13.7. The monoisotopic (exact) mass is 282 g/mol. The van der Waals surface area contributed by atoms with Crippen LogP contribution in [0.3, 0.4) is 0 Å². The summed E-state index contributed by atoms with van der Waals surface area (Å²) in [5.74, 6) is -2.03. The summed E-state index contributed by atoms with van der Waals surface area (Å²) in [6, 6.07) is 6.04. The van der Waals surface area contributed by atoms with Crippen LogP contribution in [-0.2, 0) is 6.54 Å². The van der Waals surface area contributed by atoms with Gasteiger partial charge >= 0.3 is 0 Å². The molecule has 1 N–H and O–H groups in total. The van der Waals surface area contributed by atoms with Crippen molar-refractivity contribution >= 4 is 0 Å². The van der Waals surface area contributed by atoms with E-state index in [9.17, 15) is 18.7 Å². The smallest absolute Gasteiger partial charge is 0.267 e. The highest BCUT2D eigenvalue weighted by Crippen LogP contribution is 2.20. The van der Waals surface area contributed by atoms with Gasteiger partial charge in [-0.05, 0) is 6.07 Å². The normalized spacial score (nSPS) is 12.2. The Hall–Kier alpha value is -2.28. The van der Waals surface area contributed by atoms with Crippen LogP contribution in [0.1, 0.15) is 11.7 Å². The minimum absolute atomic E-state index is 0.177. The minimum atomic E-state index is -1.40. The minimum Gasteiger partial charge on any atom is -0.480 e. The van der Waals surface area contributed by atoms with Crippen LogP contribution >= 0.6 is 0 Å². The van der Waals surface area contributed by atoms with Crippen molar-refractivity contribution in [2.45, 2.75) is 12.6 Å². The lowest BCUT2D eigenvalue weighted by Crippen LogP contribution is -2.25. The van der Waals surface area contributed by atoms with Crippen LogP contribution in [0.25, 0.3) is 0 Å². The molecule has 1 atom stereocenters. The maximum Gasteiger partial charge on any atom is 0.267 e. The van der Waals surface area contributed by atoms with Gasteiger partial charge in [0, 0.05) is 17.7 Å². The highest BCUT2D eigenvalue weighted by Gasteiger charge is 2.17. The molecule has 0 radical (unpaired) electrons. The van der Waals surface area contributed by atoms with Crippen LogP contribution in [0.2, 0.25) is 0 Å². The zero-order valence-electron chi connectivity index (χ0n) is 10.6. The molecule has 1 unspecified atom stereocenters. The lowest BCUT2D eigenvalue weighted by atomic mass is 10.1. The van der Waals surface area contributed by atoms with Crippen molar-refractivity contribution in [1.82, 2.24) is 9.78 Å². The second kappa shape index (κ2) is 5.79. The molecule has 0 aliphatic carbocycles. The van der Waals surface area contributed by atoms with Crippen molar-refractivity contribution in [3.63, 3.8) is 0 Å². The number of aromatic nitrogens is 2. The van der Waals surface area contributed by atoms with E-state index in [1.54, 1.807) is 0 Å². The molecule has 2 aromatic rings. The fraction of sp³-hybridized carbons (Fsp3) is 0.231. The Morgan fingerprint density at radius 2 is 2.10 bits per heavy atom. The van der Waals surface area contributed by atoms with Gasteiger partial charge in [0.05, 0.1) is 13.7 Å². The van der Waals surface area contributed by atoms with Crippen molar-refractivity contribution in [3.05, 3.63) is 57.9 Å². The number of ether oxygens (including phenoxy) is 1. The van der Waals surface area contributed by atoms with E-state index in [2.05, 4.69) is 5.10 Å². The lowest BCUT2D eigenvalue weighted by molar-refractivity contribution is 0.143. The van der Waals surface area contributed by atoms with E-state index in [1.165, 1.54) is 31.4 Å². The molecule has 0 aliphatic rings. The highest BCUT2D eigenvalue weighted by atomic mass is 19.2. The SMILES string of the molecule is COc1ccc(=O)n(CC(O)c2cccc(F)c2F)n1. The van der Waals surface area contributed by atoms with E-state index in [4.69, 9.17) is 4.74 Å². The van der Waals surface area contributed by atoms with E-state index in [-0.39, 0.29) is 18.0 Å². The molecule has 0 bridgehead atoms. The Morgan fingerprint density at radius 1 is 1.35 bits per heavy atom. The summed E-state index contributed by atoms with van der Waals surface area (Å²) in [5.41, 5.74) is -0.719. The number of methoxy groups -OCH3 is 1. The maximum absolute atomic E-state index is 13.5. The first-order valence-electron chi connectivity index (χ1n) is 5.77. The van der Waals surface area contributed by atoms with E-state index in [0.717, 1.165) is 10.7 Å².